The Morgan fingerprint density at radius 3 is 2.52 bits per heavy atom. The van der Waals surface area contributed by atoms with Gasteiger partial charge in [0.25, 0.3) is 10.0 Å². The maximum atomic E-state index is 12.5. The molecule has 3 rings (SSSR count). The normalized spacial score (nSPS) is 11.4. The number of hydrogen-bond donors (Lipinski definition) is 1. The predicted molar refractivity (Wildman–Crippen MR) is 99.4 cm³/mol. The topological polar surface area (TPSA) is 64.0 Å². The van der Waals surface area contributed by atoms with Gasteiger partial charge in [-0.15, -0.1) is 0 Å². The average Bonchev–Trinajstić information content (AvgIpc) is 3.03. The molecule has 130 valence electrons. The maximum absolute atomic E-state index is 12.5. The number of benzene rings is 2. The van der Waals surface area contributed by atoms with Crippen LogP contribution in [0, 0.1) is 0 Å². The number of halogens is 1. The highest BCUT2D eigenvalue weighted by atomic mass is 35.5. The molecule has 1 heterocycles. The van der Waals surface area contributed by atoms with Crippen LogP contribution in [-0.2, 0) is 23.0 Å². The standard InChI is InChI=1S/C18H18ClN3O2S/c1-2-14-7-9-17(10-8-14)25(23,24)21-16-11-20-22(13-16)12-15-5-3-4-6-18(15)19/h3-11,13,21H,2,12H2,1H3. The van der Waals surface area contributed by atoms with E-state index in [1.54, 1.807) is 23.0 Å². The molecule has 0 aliphatic carbocycles. The van der Waals surface area contributed by atoms with Crippen LogP contribution in [0.15, 0.2) is 65.8 Å². The lowest BCUT2D eigenvalue weighted by atomic mass is 10.2. The largest absolute Gasteiger partial charge is 0.276 e. The highest BCUT2D eigenvalue weighted by Crippen LogP contribution is 2.19. The summed E-state index contributed by atoms with van der Waals surface area (Å²) >= 11 is 6.14. The van der Waals surface area contributed by atoms with Crippen LogP contribution in [0.5, 0.6) is 0 Å². The fourth-order valence-corrected chi connectivity index (χ4v) is 3.65. The van der Waals surface area contributed by atoms with Crippen molar-refractivity contribution in [1.29, 1.82) is 0 Å². The molecule has 0 amide bonds. The van der Waals surface area contributed by atoms with E-state index in [-0.39, 0.29) is 4.90 Å². The molecule has 0 atom stereocenters. The Kier molecular flexibility index (Phi) is 5.11. The van der Waals surface area contributed by atoms with Crippen molar-refractivity contribution in [3.05, 3.63) is 77.1 Å². The average molecular weight is 376 g/mol. The number of aromatic nitrogens is 2. The SMILES string of the molecule is CCc1ccc(S(=O)(=O)Nc2cnn(Cc3ccccc3Cl)c2)cc1. The van der Waals surface area contributed by atoms with E-state index in [1.807, 2.05) is 43.3 Å². The van der Waals surface area contributed by atoms with Gasteiger partial charge < -0.3 is 0 Å². The number of nitrogens with one attached hydrogen (secondary N) is 1. The third kappa shape index (κ3) is 4.21. The van der Waals surface area contributed by atoms with Gasteiger partial charge in [-0.3, -0.25) is 9.40 Å². The quantitative estimate of drug-likeness (QED) is 0.709. The smallest absolute Gasteiger partial charge is 0.261 e. The second kappa shape index (κ2) is 7.29. The lowest BCUT2D eigenvalue weighted by Crippen LogP contribution is -2.12. The van der Waals surface area contributed by atoms with Crippen molar-refractivity contribution in [2.75, 3.05) is 4.72 Å². The van der Waals surface area contributed by atoms with Crippen LogP contribution in [0.2, 0.25) is 5.02 Å². The molecule has 0 bridgehead atoms. The lowest BCUT2D eigenvalue weighted by molar-refractivity contribution is 0.601. The van der Waals surface area contributed by atoms with Crippen LogP contribution in [0.3, 0.4) is 0 Å². The van der Waals surface area contributed by atoms with Gasteiger partial charge in [-0.2, -0.15) is 5.10 Å². The van der Waals surface area contributed by atoms with Gasteiger partial charge in [0.15, 0.2) is 0 Å². The molecular formula is C18H18ClN3O2S. The summed E-state index contributed by atoms with van der Waals surface area (Å²) in [6, 6.07) is 14.3. The van der Waals surface area contributed by atoms with Crippen molar-refractivity contribution in [3.63, 3.8) is 0 Å². The van der Waals surface area contributed by atoms with Crippen molar-refractivity contribution in [3.8, 4) is 0 Å². The molecule has 25 heavy (non-hydrogen) atoms. The van der Waals surface area contributed by atoms with E-state index < -0.39 is 10.0 Å². The molecule has 0 spiro atoms. The minimum absolute atomic E-state index is 0.226. The first kappa shape index (κ1) is 17.5. The third-order valence-corrected chi connectivity index (χ3v) is 5.58. The Balaban J connectivity index is 1.75. The second-order valence-electron chi connectivity index (χ2n) is 5.62. The van der Waals surface area contributed by atoms with Crippen molar-refractivity contribution >= 4 is 27.3 Å². The van der Waals surface area contributed by atoms with Crippen molar-refractivity contribution < 1.29 is 8.42 Å². The molecule has 0 radical (unpaired) electrons. The van der Waals surface area contributed by atoms with E-state index >= 15 is 0 Å². The lowest BCUT2D eigenvalue weighted by Gasteiger charge is -2.07. The highest BCUT2D eigenvalue weighted by molar-refractivity contribution is 7.92. The fourth-order valence-electron chi connectivity index (χ4n) is 2.42. The van der Waals surface area contributed by atoms with Gasteiger partial charge >= 0.3 is 0 Å². The Morgan fingerprint density at radius 2 is 1.84 bits per heavy atom. The number of aryl methyl sites for hydroxylation is 1. The zero-order chi connectivity index (χ0) is 17.9. The molecule has 0 saturated carbocycles. The van der Waals surface area contributed by atoms with Crippen molar-refractivity contribution in [1.82, 2.24) is 9.78 Å². The summed E-state index contributed by atoms with van der Waals surface area (Å²) < 4.78 is 29.1. The first-order valence-electron chi connectivity index (χ1n) is 7.85. The van der Waals surface area contributed by atoms with E-state index in [0.717, 1.165) is 17.5 Å². The number of hydrogen-bond acceptors (Lipinski definition) is 3. The molecule has 1 N–H and O–H groups in total. The van der Waals surface area contributed by atoms with E-state index in [4.69, 9.17) is 11.6 Å². The van der Waals surface area contributed by atoms with Gasteiger partial charge in [0, 0.05) is 11.2 Å². The zero-order valence-electron chi connectivity index (χ0n) is 13.7. The molecule has 0 unspecified atom stereocenters. The summed E-state index contributed by atoms with van der Waals surface area (Å²) in [4.78, 5) is 0.226. The molecule has 5 nitrogen and oxygen atoms in total. The van der Waals surface area contributed by atoms with Crippen LogP contribution in [0.1, 0.15) is 18.1 Å². The molecule has 2 aromatic carbocycles. The van der Waals surface area contributed by atoms with E-state index in [0.29, 0.717) is 17.3 Å². The Morgan fingerprint density at radius 1 is 1.12 bits per heavy atom. The van der Waals surface area contributed by atoms with Crippen molar-refractivity contribution in [2.45, 2.75) is 24.8 Å². The van der Waals surface area contributed by atoms with Gasteiger partial charge in [-0.25, -0.2) is 8.42 Å². The summed E-state index contributed by atoms with van der Waals surface area (Å²) in [6.45, 7) is 2.49. The van der Waals surface area contributed by atoms with Crippen LogP contribution < -0.4 is 4.72 Å². The summed E-state index contributed by atoms with van der Waals surface area (Å²) in [5, 5.41) is 4.84. The highest BCUT2D eigenvalue weighted by Gasteiger charge is 2.15. The molecule has 0 fully saturated rings. The van der Waals surface area contributed by atoms with E-state index in [1.165, 1.54) is 6.20 Å². The minimum Gasteiger partial charge on any atom is -0.276 e. The first-order valence-corrected chi connectivity index (χ1v) is 9.71. The molecule has 0 aliphatic heterocycles. The molecule has 7 heteroatoms. The number of rotatable bonds is 6. The number of anilines is 1. The molecule has 3 aromatic rings. The molecular weight excluding hydrogens is 358 g/mol. The third-order valence-electron chi connectivity index (χ3n) is 3.82. The van der Waals surface area contributed by atoms with Crippen molar-refractivity contribution in [2.24, 2.45) is 0 Å². The summed E-state index contributed by atoms with van der Waals surface area (Å²) in [6.07, 6.45) is 3.98. The monoisotopic (exact) mass is 375 g/mol. The van der Waals surface area contributed by atoms with Gasteiger partial charge in [0.05, 0.1) is 23.3 Å². The van der Waals surface area contributed by atoms with Gasteiger partial charge in [-0.05, 0) is 35.7 Å². The summed E-state index contributed by atoms with van der Waals surface area (Å²) in [5.41, 5.74) is 2.41. The molecule has 1 aromatic heterocycles. The van der Waals surface area contributed by atoms with Crippen LogP contribution in [0.4, 0.5) is 5.69 Å². The second-order valence-corrected chi connectivity index (χ2v) is 7.71. The van der Waals surface area contributed by atoms with Gasteiger partial charge in [-0.1, -0.05) is 48.9 Å². The Hall–Kier alpha value is -2.31. The Labute approximate surface area is 152 Å². The van der Waals surface area contributed by atoms with Gasteiger partial charge in [0.1, 0.15) is 0 Å². The van der Waals surface area contributed by atoms with E-state index in [2.05, 4.69) is 9.82 Å². The summed E-state index contributed by atoms with van der Waals surface area (Å²) in [5.74, 6) is 0. The van der Waals surface area contributed by atoms with Crippen LogP contribution in [-0.4, -0.2) is 18.2 Å². The van der Waals surface area contributed by atoms with Crippen LogP contribution in [0.25, 0.3) is 0 Å². The molecule has 0 aliphatic rings. The maximum Gasteiger partial charge on any atom is 0.261 e. The Bertz CT molecular complexity index is 966. The predicted octanol–water partition coefficient (Wildman–Crippen LogP) is 3.95. The van der Waals surface area contributed by atoms with Gasteiger partial charge in [0.2, 0.25) is 0 Å². The first-order chi connectivity index (χ1) is 12.0. The fraction of sp³-hybridized carbons (Fsp3) is 0.167. The number of sulfonamides is 1. The molecule has 0 saturated heterocycles. The van der Waals surface area contributed by atoms with E-state index in [9.17, 15) is 8.42 Å². The zero-order valence-corrected chi connectivity index (χ0v) is 15.3. The number of nitrogens with zero attached hydrogens (tertiary/aromatic N) is 2. The minimum atomic E-state index is -3.64. The van der Waals surface area contributed by atoms with Crippen LogP contribution >= 0.6 is 11.6 Å². The summed E-state index contributed by atoms with van der Waals surface area (Å²) in [7, 11) is -3.64.